The molecule has 3 heterocycles. The number of H-pyrrole nitrogens is 1. The molecule has 6 nitrogen and oxygen atoms in total. The van der Waals surface area contributed by atoms with Crippen molar-refractivity contribution in [2.24, 2.45) is 0 Å². The zero-order valence-corrected chi connectivity index (χ0v) is 16.6. The Kier molecular flexibility index (Phi) is 6.07. The van der Waals surface area contributed by atoms with Gasteiger partial charge in [-0.3, -0.25) is 9.78 Å². The van der Waals surface area contributed by atoms with Crippen LogP contribution in [-0.4, -0.2) is 60.8 Å². The van der Waals surface area contributed by atoms with Gasteiger partial charge in [-0.25, -0.2) is 4.98 Å². The van der Waals surface area contributed by atoms with E-state index in [4.69, 9.17) is 9.72 Å². The minimum absolute atomic E-state index is 0.0531. The predicted molar refractivity (Wildman–Crippen MR) is 111 cm³/mol. The zero-order chi connectivity index (χ0) is 19.3. The van der Waals surface area contributed by atoms with Gasteiger partial charge < -0.3 is 14.5 Å². The number of likely N-dealkylation sites (tertiary alicyclic amines) is 1. The second-order valence-corrected chi connectivity index (χ2v) is 7.98. The lowest BCUT2D eigenvalue weighted by Gasteiger charge is -2.27. The maximum atomic E-state index is 12.2. The smallest absolute Gasteiger partial charge is 0.252 e. The van der Waals surface area contributed by atoms with Crippen LogP contribution in [-0.2, 0) is 4.74 Å². The summed E-state index contributed by atoms with van der Waals surface area (Å²) in [5, 5.41) is 0. The second-order valence-electron chi connectivity index (χ2n) is 7.98. The summed E-state index contributed by atoms with van der Waals surface area (Å²) in [7, 11) is 0. The van der Waals surface area contributed by atoms with Crippen molar-refractivity contribution in [1.82, 2.24) is 14.9 Å². The summed E-state index contributed by atoms with van der Waals surface area (Å²) in [5.41, 5.74) is 2.29. The van der Waals surface area contributed by atoms with Gasteiger partial charge in [0.2, 0.25) is 5.95 Å². The number of aromatic amines is 1. The molecule has 0 bridgehead atoms. The van der Waals surface area contributed by atoms with E-state index in [2.05, 4.69) is 52.0 Å². The minimum Gasteiger partial charge on any atom is -0.378 e. The van der Waals surface area contributed by atoms with Crippen LogP contribution in [0.5, 0.6) is 0 Å². The second kappa shape index (κ2) is 8.88. The van der Waals surface area contributed by atoms with E-state index in [1.54, 1.807) is 6.07 Å². The van der Waals surface area contributed by atoms with Crippen molar-refractivity contribution < 1.29 is 4.74 Å². The fourth-order valence-corrected chi connectivity index (χ4v) is 4.20. The molecule has 1 aromatic carbocycles. The van der Waals surface area contributed by atoms with Crippen LogP contribution < -0.4 is 10.5 Å². The number of nitrogens with one attached hydrogen (secondary N) is 1. The monoisotopic (exact) mass is 382 g/mol. The Balaban J connectivity index is 1.36. The van der Waals surface area contributed by atoms with E-state index in [-0.39, 0.29) is 5.56 Å². The molecule has 4 rings (SSSR count). The van der Waals surface area contributed by atoms with E-state index in [0.717, 1.165) is 51.3 Å². The maximum absolute atomic E-state index is 12.2. The molecular formula is C22H30N4O2. The summed E-state index contributed by atoms with van der Waals surface area (Å²) in [4.78, 5) is 24.5. The average Bonchev–Trinajstić information content (AvgIpc) is 3.22. The molecule has 0 unspecified atom stereocenters. The van der Waals surface area contributed by atoms with Crippen LogP contribution in [0.25, 0.3) is 0 Å². The SMILES string of the molecule is C[C@H](CCN1CC[C@@H](c2cc(=O)[nH]c(N3CCOCC3)n2)C1)c1ccccc1. The number of ether oxygens (including phenoxy) is 1. The molecule has 28 heavy (non-hydrogen) atoms. The van der Waals surface area contributed by atoms with Crippen molar-refractivity contribution in [3.63, 3.8) is 0 Å². The van der Waals surface area contributed by atoms with Crippen LogP contribution in [0.4, 0.5) is 5.95 Å². The Bertz CT molecular complexity index is 817. The highest BCUT2D eigenvalue weighted by Gasteiger charge is 2.26. The Labute approximate surface area is 166 Å². The summed E-state index contributed by atoms with van der Waals surface area (Å²) in [6.07, 6.45) is 2.22. The molecule has 150 valence electrons. The fourth-order valence-electron chi connectivity index (χ4n) is 4.20. The Morgan fingerprint density at radius 3 is 2.79 bits per heavy atom. The van der Waals surface area contributed by atoms with Gasteiger partial charge in [-0.2, -0.15) is 0 Å². The van der Waals surface area contributed by atoms with Gasteiger partial charge in [-0.1, -0.05) is 37.3 Å². The molecule has 6 heteroatoms. The van der Waals surface area contributed by atoms with Crippen LogP contribution in [0.15, 0.2) is 41.2 Å². The molecule has 2 atom stereocenters. The highest BCUT2D eigenvalue weighted by atomic mass is 16.5. The van der Waals surface area contributed by atoms with Crippen LogP contribution in [0, 0.1) is 0 Å². The molecule has 2 aliphatic rings. The van der Waals surface area contributed by atoms with Gasteiger partial charge in [0.05, 0.1) is 18.9 Å². The van der Waals surface area contributed by atoms with Crippen molar-refractivity contribution in [3.8, 4) is 0 Å². The summed E-state index contributed by atoms with van der Waals surface area (Å²) in [5.74, 6) is 1.60. The molecule has 2 aliphatic heterocycles. The first kappa shape index (κ1) is 19.2. The number of aromatic nitrogens is 2. The van der Waals surface area contributed by atoms with Crippen LogP contribution in [0.2, 0.25) is 0 Å². The van der Waals surface area contributed by atoms with E-state index in [9.17, 15) is 4.79 Å². The van der Waals surface area contributed by atoms with Crippen LogP contribution in [0.1, 0.15) is 42.9 Å². The fraction of sp³-hybridized carbons (Fsp3) is 0.545. The third-order valence-electron chi connectivity index (χ3n) is 6.00. The zero-order valence-electron chi connectivity index (χ0n) is 16.6. The Morgan fingerprint density at radius 2 is 2.00 bits per heavy atom. The van der Waals surface area contributed by atoms with Gasteiger partial charge in [0.15, 0.2) is 0 Å². The minimum atomic E-state index is -0.0531. The number of hydrogen-bond acceptors (Lipinski definition) is 5. The lowest BCUT2D eigenvalue weighted by Crippen LogP contribution is -2.38. The van der Waals surface area contributed by atoms with E-state index >= 15 is 0 Å². The number of nitrogens with zero attached hydrogens (tertiary/aromatic N) is 3. The predicted octanol–water partition coefficient (Wildman–Crippen LogP) is 2.59. The number of rotatable bonds is 6. The lowest BCUT2D eigenvalue weighted by atomic mass is 9.98. The van der Waals surface area contributed by atoms with Gasteiger partial charge in [0.1, 0.15) is 0 Å². The summed E-state index contributed by atoms with van der Waals surface area (Å²) in [6.45, 7) is 8.38. The number of benzene rings is 1. The lowest BCUT2D eigenvalue weighted by molar-refractivity contribution is 0.122. The Hall–Kier alpha value is -2.18. The summed E-state index contributed by atoms with van der Waals surface area (Å²) in [6, 6.07) is 12.4. The molecule has 2 fully saturated rings. The first-order valence-electron chi connectivity index (χ1n) is 10.4. The molecule has 2 aromatic rings. The van der Waals surface area contributed by atoms with Crippen LogP contribution in [0.3, 0.4) is 0 Å². The standard InChI is InChI=1S/C22H30N4O2/c1-17(18-5-3-2-4-6-18)7-9-25-10-8-19(16-25)20-15-21(27)24-22(23-20)26-11-13-28-14-12-26/h2-6,15,17,19H,7-14,16H2,1H3,(H,23,24,27)/t17-,19-/m1/s1. The topological polar surface area (TPSA) is 61.5 Å². The third kappa shape index (κ3) is 4.62. The maximum Gasteiger partial charge on any atom is 0.252 e. The first-order valence-corrected chi connectivity index (χ1v) is 10.4. The number of hydrogen-bond donors (Lipinski definition) is 1. The molecule has 0 saturated carbocycles. The van der Waals surface area contributed by atoms with E-state index in [0.29, 0.717) is 31.0 Å². The van der Waals surface area contributed by atoms with Crippen molar-refractivity contribution in [3.05, 3.63) is 58.0 Å². The normalized spacial score (nSPS) is 21.8. The van der Waals surface area contributed by atoms with Crippen molar-refractivity contribution in [2.75, 3.05) is 50.8 Å². The van der Waals surface area contributed by atoms with Crippen molar-refractivity contribution in [2.45, 2.75) is 31.6 Å². The van der Waals surface area contributed by atoms with Gasteiger partial charge in [-0.05, 0) is 37.4 Å². The van der Waals surface area contributed by atoms with Gasteiger partial charge in [0.25, 0.3) is 5.56 Å². The largest absolute Gasteiger partial charge is 0.378 e. The van der Waals surface area contributed by atoms with E-state index in [1.807, 2.05) is 0 Å². The molecule has 1 aromatic heterocycles. The highest BCUT2D eigenvalue weighted by molar-refractivity contribution is 5.32. The quantitative estimate of drug-likeness (QED) is 0.832. The van der Waals surface area contributed by atoms with E-state index in [1.165, 1.54) is 5.56 Å². The molecular weight excluding hydrogens is 352 g/mol. The molecule has 1 N–H and O–H groups in total. The molecule has 2 saturated heterocycles. The van der Waals surface area contributed by atoms with Gasteiger partial charge >= 0.3 is 0 Å². The number of morpholine rings is 1. The molecule has 0 spiro atoms. The van der Waals surface area contributed by atoms with Crippen LogP contribution >= 0.6 is 0 Å². The highest BCUT2D eigenvalue weighted by Crippen LogP contribution is 2.27. The van der Waals surface area contributed by atoms with Gasteiger partial charge in [-0.15, -0.1) is 0 Å². The van der Waals surface area contributed by atoms with Crippen molar-refractivity contribution in [1.29, 1.82) is 0 Å². The van der Waals surface area contributed by atoms with Gasteiger partial charge in [0, 0.05) is 31.6 Å². The molecule has 0 radical (unpaired) electrons. The number of anilines is 1. The van der Waals surface area contributed by atoms with Crippen molar-refractivity contribution >= 4 is 5.95 Å². The molecule has 0 amide bonds. The average molecular weight is 383 g/mol. The first-order chi connectivity index (χ1) is 13.7. The summed E-state index contributed by atoms with van der Waals surface area (Å²) < 4.78 is 5.41. The summed E-state index contributed by atoms with van der Waals surface area (Å²) >= 11 is 0. The molecule has 0 aliphatic carbocycles. The van der Waals surface area contributed by atoms with E-state index < -0.39 is 0 Å². The Morgan fingerprint density at radius 1 is 1.21 bits per heavy atom. The third-order valence-corrected chi connectivity index (χ3v) is 6.00.